The van der Waals surface area contributed by atoms with E-state index >= 15 is 0 Å². The highest BCUT2D eigenvalue weighted by Crippen LogP contribution is 2.36. The molecule has 0 aromatic carbocycles. The first kappa shape index (κ1) is 17.6. The molecule has 0 bridgehead atoms. The molecule has 1 aromatic rings. The Morgan fingerprint density at radius 3 is 3.14 bits per heavy atom. The maximum Gasteiger partial charge on any atom is 0.291 e. The van der Waals surface area contributed by atoms with Crippen molar-refractivity contribution < 1.29 is 4.79 Å². The molecule has 3 heterocycles. The fourth-order valence-corrected chi connectivity index (χ4v) is 4.18. The molecule has 2 saturated heterocycles. The average Bonchev–Trinajstić information content (AvgIpc) is 3.16. The van der Waals surface area contributed by atoms with E-state index in [-0.39, 0.29) is 28.9 Å². The Hall–Kier alpha value is -0.790. The molecule has 3 rings (SSSR count). The van der Waals surface area contributed by atoms with Crippen molar-refractivity contribution in [1.82, 2.24) is 25.4 Å². The minimum absolute atomic E-state index is 0. The van der Waals surface area contributed by atoms with E-state index in [0.29, 0.717) is 12.6 Å². The lowest BCUT2D eigenvalue weighted by atomic mass is 10.1. The molecule has 1 amide bonds. The highest BCUT2D eigenvalue weighted by Gasteiger charge is 2.30. The molecule has 6 nitrogen and oxygen atoms in total. The number of hydrogen-bond donors (Lipinski definition) is 2. The van der Waals surface area contributed by atoms with Crippen LogP contribution in [0, 0.1) is 0 Å². The van der Waals surface area contributed by atoms with Crippen LogP contribution in [0.15, 0.2) is 6.33 Å². The molecule has 1 aromatic heterocycles. The molecule has 124 valence electrons. The summed E-state index contributed by atoms with van der Waals surface area (Å²) in [6, 6.07) is 0.315. The quantitative estimate of drug-likeness (QED) is 0.868. The van der Waals surface area contributed by atoms with Crippen LogP contribution in [0.2, 0.25) is 0 Å². The van der Waals surface area contributed by atoms with Crippen molar-refractivity contribution >= 4 is 30.1 Å². The van der Waals surface area contributed by atoms with Crippen molar-refractivity contribution in [3.8, 4) is 0 Å². The first-order chi connectivity index (χ1) is 10.2. The molecule has 0 radical (unpaired) electrons. The Bertz CT molecular complexity index is 497. The van der Waals surface area contributed by atoms with Gasteiger partial charge in [-0.25, -0.2) is 9.67 Å². The summed E-state index contributed by atoms with van der Waals surface area (Å²) in [5, 5.41) is 10.7. The van der Waals surface area contributed by atoms with Gasteiger partial charge in [-0.1, -0.05) is 0 Å². The van der Waals surface area contributed by atoms with Crippen molar-refractivity contribution in [1.29, 1.82) is 0 Å². The molecule has 2 atom stereocenters. The van der Waals surface area contributed by atoms with E-state index in [0.717, 1.165) is 32.4 Å². The lowest BCUT2D eigenvalue weighted by molar-refractivity contribution is 0.0939. The minimum Gasteiger partial charge on any atom is -0.348 e. The number of rotatable bonds is 4. The Kier molecular flexibility index (Phi) is 6.11. The highest BCUT2D eigenvalue weighted by atomic mass is 35.5. The van der Waals surface area contributed by atoms with Gasteiger partial charge in [-0.05, 0) is 44.9 Å². The van der Waals surface area contributed by atoms with Crippen molar-refractivity contribution in [2.75, 3.05) is 25.4 Å². The number of aromatic nitrogens is 3. The van der Waals surface area contributed by atoms with Gasteiger partial charge in [0.25, 0.3) is 5.91 Å². The van der Waals surface area contributed by atoms with Crippen LogP contribution < -0.4 is 10.6 Å². The van der Waals surface area contributed by atoms with Gasteiger partial charge in [0.15, 0.2) is 0 Å². The minimum atomic E-state index is -0.161. The van der Waals surface area contributed by atoms with E-state index in [9.17, 15) is 4.79 Å². The number of thioether (sulfide) groups is 1. The lowest BCUT2D eigenvalue weighted by Gasteiger charge is -2.22. The lowest BCUT2D eigenvalue weighted by Crippen LogP contribution is -2.37. The number of amides is 1. The van der Waals surface area contributed by atoms with E-state index in [2.05, 4.69) is 27.6 Å². The van der Waals surface area contributed by atoms with E-state index in [1.165, 1.54) is 12.2 Å². The van der Waals surface area contributed by atoms with Gasteiger partial charge in [0.2, 0.25) is 5.82 Å². The van der Waals surface area contributed by atoms with Crippen LogP contribution in [-0.4, -0.2) is 50.8 Å². The number of carbonyl (C=O) groups is 1. The number of hydrogen-bond acceptors (Lipinski definition) is 5. The van der Waals surface area contributed by atoms with Crippen LogP contribution in [0.4, 0.5) is 0 Å². The van der Waals surface area contributed by atoms with Gasteiger partial charge in [0.05, 0.1) is 6.04 Å². The summed E-state index contributed by atoms with van der Waals surface area (Å²) in [6.45, 7) is 4.87. The number of carbonyl (C=O) groups excluding carboxylic acids is 1. The second-order valence-corrected chi connectivity index (χ2v) is 7.82. The molecule has 0 saturated carbocycles. The summed E-state index contributed by atoms with van der Waals surface area (Å²) in [5.74, 6) is 1.31. The molecular weight excluding hydrogens is 322 g/mol. The van der Waals surface area contributed by atoms with Crippen LogP contribution in [0.5, 0.6) is 0 Å². The molecule has 2 aliphatic rings. The van der Waals surface area contributed by atoms with Crippen molar-refractivity contribution in [3.05, 3.63) is 12.2 Å². The normalized spacial score (nSPS) is 28.1. The standard InChI is InChI=1S/C14H23N5OS.ClH/c1-14(5-3-7-21-14)9-16-13(20)12-17-10-19(18-12)11-4-2-6-15-8-11;/h10-11,15H,2-9H2,1H3,(H,16,20);1H. The molecule has 2 N–H and O–H groups in total. The topological polar surface area (TPSA) is 71.8 Å². The van der Waals surface area contributed by atoms with Gasteiger partial charge in [-0.2, -0.15) is 11.8 Å². The van der Waals surface area contributed by atoms with E-state index < -0.39 is 0 Å². The van der Waals surface area contributed by atoms with Crippen molar-refractivity contribution in [3.63, 3.8) is 0 Å². The first-order valence-corrected chi connectivity index (χ1v) is 8.69. The van der Waals surface area contributed by atoms with Crippen LogP contribution in [0.3, 0.4) is 0 Å². The maximum absolute atomic E-state index is 12.2. The summed E-state index contributed by atoms with van der Waals surface area (Å²) >= 11 is 1.94. The molecule has 0 aliphatic carbocycles. The molecule has 2 fully saturated rings. The Morgan fingerprint density at radius 2 is 2.45 bits per heavy atom. The van der Waals surface area contributed by atoms with Crippen molar-refractivity contribution in [2.24, 2.45) is 0 Å². The smallest absolute Gasteiger partial charge is 0.291 e. The van der Waals surface area contributed by atoms with Crippen LogP contribution >= 0.6 is 24.2 Å². The fraction of sp³-hybridized carbons (Fsp3) is 0.786. The zero-order valence-corrected chi connectivity index (χ0v) is 14.5. The van der Waals surface area contributed by atoms with E-state index in [1.807, 2.05) is 16.4 Å². The number of nitrogens with zero attached hydrogens (tertiary/aromatic N) is 3. The third-order valence-electron chi connectivity index (χ3n) is 4.28. The van der Waals surface area contributed by atoms with Crippen LogP contribution in [0.1, 0.15) is 49.3 Å². The van der Waals surface area contributed by atoms with Crippen LogP contribution in [-0.2, 0) is 0 Å². The third kappa shape index (κ3) is 4.14. The van der Waals surface area contributed by atoms with Crippen molar-refractivity contribution in [2.45, 2.75) is 43.4 Å². The second kappa shape index (κ2) is 7.66. The first-order valence-electron chi connectivity index (χ1n) is 7.70. The Morgan fingerprint density at radius 1 is 1.59 bits per heavy atom. The zero-order valence-electron chi connectivity index (χ0n) is 12.9. The molecule has 8 heteroatoms. The highest BCUT2D eigenvalue weighted by molar-refractivity contribution is 8.00. The largest absolute Gasteiger partial charge is 0.348 e. The predicted octanol–water partition coefficient (Wildman–Crippen LogP) is 1.64. The monoisotopic (exact) mass is 345 g/mol. The van der Waals surface area contributed by atoms with Gasteiger partial charge in [-0.3, -0.25) is 4.79 Å². The van der Waals surface area contributed by atoms with Gasteiger partial charge in [-0.15, -0.1) is 17.5 Å². The molecule has 2 aliphatic heterocycles. The molecule has 2 unspecified atom stereocenters. The fourth-order valence-electron chi connectivity index (χ4n) is 2.94. The average molecular weight is 346 g/mol. The predicted molar refractivity (Wildman–Crippen MR) is 90.8 cm³/mol. The molecule has 0 spiro atoms. The third-order valence-corrected chi connectivity index (χ3v) is 5.82. The summed E-state index contributed by atoms with van der Waals surface area (Å²) in [7, 11) is 0. The van der Waals surface area contributed by atoms with Gasteiger partial charge in [0.1, 0.15) is 6.33 Å². The molecular formula is C14H24ClN5OS. The SMILES string of the molecule is CC1(CNC(=O)c2ncn(C3CCCNC3)n2)CCCS1.Cl. The number of nitrogens with one attached hydrogen (secondary N) is 2. The summed E-state index contributed by atoms with van der Waals surface area (Å²) in [6.07, 6.45) is 6.30. The second-order valence-electron chi connectivity index (χ2n) is 6.13. The van der Waals surface area contributed by atoms with Gasteiger partial charge < -0.3 is 10.6 Å². The van der Waals surface area contributed by atoms with Gasteiger partial charge in [0, 0.05) is 17.8 Å². The van der Waals surface area contributed by atoms with Crippen LogP contribution in [0.25, 0.3) is 0 Å². The zero-order chi connectivity index (χ0) is 14.7. The summed E-state index contributed by atoms with van der Waals surface area (Å²) in [5.41, 5.74) is 0. The maximum atomic E-state index is 12.2. The summed E-state index contributed by atoms with van der Waals surface area (Å²) in [4.78, 5) is 16.3. The van der Waals surface area contributed by atoms with E-state index in [1.54, 1.807) is 6.33 Å². The number of piperidine rings is 1. The Labute approximate surface area is 141 Å². The summed E-state index contributed by atoms with van der Waals surface area (Å²) < 4.78 is 2.00. The Balaban J connectivity index is 0.00000176. The number of halogens is 1. The molecule has 22 heavy (non-hydrogen) atoms. The van der Waals surface area contributed by atoms with E-state index in [4.69, 9.17) is 0 Å². The van der Waals surface area contributed by atoms with Gasteiger partial charge >= 0.3 is 0 Å².